The van der Waals surface area contributed by atoms with Crippen molar-refractivity contribution in [3.8, 4) is 5.75 Å². The smallest absolute Gasteiger partial charge is 0.228 e. The zero-order valence-corrected chi connectivity index (χ0v) is 13.5. The number of nitrogens with zero attached hydrogens (tertiary/aromatic N) is 1. The Labute approximate surface area is 132 Å². The predicted molar refractivity (Wildman–Crippen MR) is 88.3 cm³/mol. The van der Waals surface area contributed by atoms with Gasteiger partial charge in [0, 0.05) is 24.2 Å². The minimum Gasteiger partial charge on any atom is -0.497 e. The summed E-state index contributed by atoms with van der Waals surface area (Å²) in [5.74, 6) is 1.72. The van der Waals surface area contributed by atoms with Gasteiger partial charge in [0.25, 0.3) is 0 Å². The van der Waals surface area contributed by atoms with Gasteiger partial charge in [-0.2, -0.15) is 0 Å². The Bertz CT molecular complexity index is 504. The third-order valence-corrected chi connectivity index (χ3v) is 4.91. The number of hydrogen-bond acceptors (Lipinski definition) is 3. The van der Waals surface area contributed by atoms with Gasteiger partial charge in [-0.1, -0.05) is 0 Å². The Balaban J connectivity index is 1.77. The Morgan fingerprint density at radius 1 is 1.32 bits per heavy atom. The SMILES string of the molecule is COc1ccc(N(C(=O)CC2CCCN2)C(C)C2CC2)cc1. The van der Waals surface area contributed by atoms with Gasteiger partial charge in [0.15, 0.2) is 0 Å². The van der Waals surface area contributed by atoms with E-state index in [0.717, 1.165) is 24.4 Å². The highest BCUT2D eigenvalue weighted by molar-refractivity contribution is 5.94. The van der Waals surface area contributed by atoms with Crippen molar-refractivity contribution >= 4 is 11.6 Å². The molecular weight excluding hydrogens is 276 g/mol. The summed E-state index contributed by atoms with van der Waals surface area (Å²) in [6.07, 6.45) is 5.37. The number of anilines is 1. The second-order valence-corrected chi connectivity index (χ2v) is 6.54. The van der Waals surface area contributed by atoms with Gasteiger partial charge in [-0.15, -0.1) is 0 Å². The molecule has 0 spiro atoms. The molecule has 4 heteroatoms. The monoisotopic (exact) mass is 302 g/mol. The molecule has 2 fully saturated rings. The molecule has 22 heavy (non-hydrogen) atoms. The maximum atomic E-state index is 12.9. The number of carbonyl (C=O) groups excluding carboxylic acids is 1. The van der Waals surface area contributed by atoms with Gasteiger partial charge in [-0.25, -0.2) is 0 Å². The van der Waals surface area contributed by atoms with Crippen molar-refractivity contribution in [2.75, 3.05) is 18.6 Å². The summed E-state index contributed by atoms with van der Waals surface area (Å²) < 4.78 is 5.22. The average Bonchev–Trinajstić information content (AvgIpc) is 3.27. The maximum Gasteiger partial charge on any atom is 0.228 e. The third kappa shape index (κ3) is 3.43. The van der Waals surface area contributed by atoms with Gasteiger partial charge in [0.05, 0.1) is 7.11 Å². The van der Waals surface area contributed by atoms with Crippen LogP contribution in [-0.4, -0.2) is 31.6 Å². The first-order valence-electron chi connectivity index (χ1n) is 8.38. The van der Waals surface area contributed by atoms with Crippen molar-refractivity contribution in [3.63, 3.8) is 0 Å². The Morgan fingerprint density at radius 3 is 2.59 bits per heavy atom. The Kier molecular flexibility index (Phi) is 4.67. The number of benzene rings is 1. The lowest BCUT2D eigenvalue weighted by Crippen LogP contribution is -2.42. The van der Waals surface area contributed by atoms with Gasteiger partial charge in [0.1, 0.15) is 5.75 Å². The second-order valence-electron chi connectivity index (χ2n) is 6.54. The fourth-order valence-electron chi connectivity index (χ4n) is 3.38. The van der Waals surface area contributed by atoms with Crippen molar-refractivity contribution in [2.24, 2.45) is 5.92 Å². The van der Waals surface area contributed by atoms with E-state index >= 15 is 0 Å². The van der Waals surface area contributed by atoms with Crippen LogP contribution in [0.15, 0.2) is 24.3 Å². The normalized spacial score (nSPS) is 22.4. The molecule has 1 N–H and O–H groups in total. The third-order valence-electron chi connectivity index (χ3n) is 4.91. The summed E-state index contributed by atoms with van der Waals surface area (Å²) in [7, 11) is 1.66. The molecule has 1 aromatic carbocycles. The van der Waals surface area contributed by atoms with Crippen LogP contribution in [0, 0.1) is 5.92 Å². The minimum atomic E-state index is 0.240. The first-order valence-corrected chi connectivity index (χ1v) is 8.38. The van der Waals surface area contributed by atoms with Gasteiger partial charge < -0.3 is 15.0 Å². The maximum absolute atomic E-state index is 12.9. The second kappa shape index (κ2) is 6.69. The molecule has 1 aliphatic carbocycles. The Hall–Kier alpha value is -1.55. The molecule has 0 bridgehead atoms. The number of hydrogen-bond donors (Lipinski definition) is 1. The quantitative estimate of drug-likeness (QED) is 0.878. The van der Waals surface area contributed by atoms with Gasteiger partial charge in [0.2, 0.25) is 5.91 Å². The summed E-state index contributed by atoms with van der Waals surface area (Å²) in [5.41, 5.74) is 0.989. The molecule has 4 nitrogen and oxygen atoms in total. The fraction of sp³-hybridized carbons (Fsp3) is 0.611. The van der Waals surface area contributed by atoms with Gasteiger partial charge in [-0.05, 0) is 69.3 Å². The first kappa shape index (κ1) is 15.3. The molecule has 1 saturated heterocycles. The summed E-state index contributed by atoms with van der Waals surface area (Å²) in [5, 5.41) is 3.43. The highest BCUT2D eigenvalue weighted by Gasteiger charge is 2.35. The summed E-state index contributed by atoms with van der Waals surface area (Å²) >= 11 is 0. The van der Waals surface area contributed by atoms with Crippen LogP contribution in [0.25, 0.3) is 0 Å². The van der Waals surface area contributed by atoms with Crippen LogP contribution in [0.1, 0.15) is 39.0 Å². The summed E-state index contributed by atoms with van der Waals surface area (Å²) in [4.78, 5) is 14.9. The molecule has 3 rings (SSSR count). The number of amides is 1. The number of rotatable bonds is 6. The lowest BCUT2D eigenvalue weighted by atomic mass is 10.1. The van der Waals surface area contributed by atoms with E-state index in [1.165, 1.54) is 19.3 Å². The van der Waals surface area contributed by atoms with Crippen LogP contribution in [0.2, 0.25) is 0 Å². The fourth-order valence-corrected chi connectivity index (χ4v) is 3.38. The van der Waals surface area contributed by atoms with Crippen LogP contribution in [0.4, 0.5) is 5.69 Å². The van der Waals surface area contributed by atoms with Crippen molar-refractivity contribution in [3.05, 3.63) is 24.3 Å². The average molecular weight is 302 g/mol. The van der Waals surface area contributed by atoms with Crippen molar-refractivity contribution in [2.45, 2.75) is 51.1 Å². The molecule has 1 saturated carbocycles. The zero-order chi connectivity index (χ0) is 15.5. The number of ether oxygens (including phenoxy) is 1. The molecular formula is C18H26N2O2. The molecule has 0 radical (unpaired) electrons. The summed E-state index contributed by atoms with van der Waals surface area (Å²) in [6, 6.07) is 8.49. The van der Waals surface area contributed by atoms with E-state index in [9.17, 15) is 4.79 Å². The van der Waals surface area contributed by atoms with E-state index in [0.29, 0.717) is 18.4 Å². The molecule has 2 aliphatic rings. The Morgan fingerprint density at radius 2 is 2.05 bits per heavy atom. The van der Waals surface area contributed by atoms with Crippen molar-refractivity contribution < 1.29 is 9.53 Å². The molecule has 120 valence electrons. The van der Waals surface area contributed by atoms with E-state index in [1.807, 2.05) is 29.2 Å². The topological polar surface area (TPSA) is 41.6 Å². The molecule has 1 aromatic rings. The predicted octanol–water partition coefficient (Wildman–Crippen LogP) is 2.97. The van der Waals surface area contributed by atoms with E-state index in [4.69, 9.17) is 4.74 Å². The highest BCUT2D eigenvalue weighted by Crippen LogP contribution is 2.37. The number of nitrogens with one attached hydrogen (secondary N) is 1. The van der Waals surface area contributed by atoms with E-state index < -0.39 is 0 Å². The molecule has 0 aromatic heterocycles. The minimum absolute atomic E-state index is 0.240. The van der Waals surface area contributed by atoms with Crippen molar-refractivity contribution in [1.82, 2.24) is 5.32 Å². The van der Waals surface area contributed by atoms with Crippen LogP contribution in [0.3, 0.4) is 0 Å². The van der Waals surface area contributed by atoms with Crippen LogP contribution >= 0.6 is 0 Å². The lowest BCUT2D eigenvalue weighted by molar-refractivity contribution is -0.119. The summed E-state index contributed by atoms with van der Waals surface area (Å²) in [6.45, 7) is 3.22. The van der Waals surface area contributed by atoms with E-state index in [-0.39, 0.29) is 11.9 Å². The van der Waals surface area contributed by atoms with Crippen LogP contribution in [-0.2, 0) is 4.79 Å². The molecule has 1 amide bonds. The lowest BCUT2D eigenvalue weighted by Gasteiger charge is -2.30. The van der Waals surface area contributed by atoms with Crippen LogP contribution < -0.4 is 15.0 Å². The standard InChI is InChI=1S/C18H26N2O2/c1-13(14-5-6-14)20(16-7-9-17(22-2)10-8-16)18(21)12-15-4-3-11-19-15/h7-10,13-15,19H,3-6,11-12H2,1-2H3. The molecule has 2 unspecified atom stereocenters. The van der Waals surface area contributed by atoms with E-state index in [2.05, 4.69) is 12.2 Å². The first-order chi connectivity index (χ1) is 10.7. The van der Waals surface area contributed by atoms with Crippen molar-refractivity contribution in [1.29, 1.82) is 0 Å². The molecule has 1 aliphatic heterocycles. The van der Waals surface area contributed by atoms with Gasteiger partial charge >= 0.3 is 0 Å². The molecule has 1 heterocycles. The zero-order valence-electron chi connectivity index (χ0n) is 13.5. The number of carbonyl (C=O) groups is 1. The van der Waals surface area contributed by atoms with Crippen LogP contribution in [0.5, 0.6) is 5.75 Å². The van der Waals surface area contributed by atoms with E-state index in [1.54, 1.807) is 7.11 Å². The molecule has 2 atom stereocenters. The highest BCUT2D eigenvalue weighted by atomic mass is 16.5. The largest absolute Gasteiger partial charge is 0.497 e. The van der Waals surface area contributed by atoms with Gasteiger partial charge in [-0.3, -0.25) is 4.79 Å². The number of methoxy groups -OCH3 is 1.